The maximum Gasteiger partial charge on any atom is 0.417 e. The summed E-state index contributed by atoms with van der Waals surface area (Å²) in [7, 11) is 0. The van der Waals surface area contributed by atoms with Crippen LogP contribution in [0, 0.1) is 11.8 Å². The Bertz CT molecular complexity index is 911. The van der Waals surface area contributed by atoms with Crippen molar-refractivity contribution in [1.82, 2.24) is 9.80 Å². The molecule has 0 aliphatic carbocycles. The molecular formula is C27H36N2O3. The van der Waals surface area contributed by atoms with Crippen LogP contribution in [0.3, 0.4) is 0 Å². The molecule has 2 aromatic carbocycles. The summed E-state index contributed by atoms with van der Waals surface area (Å²) in [4.78, 5) is 29.8. The van der Waals surface area contributed by atoms with Gasteiger partial charge in [0.2, 0.25) is 5.91 Å². The minimum atomic E-state index is -0.693. The molecule has 0 radical (unpaired) electrons. The smallest absolute Gasteiger partial charge is 0.417 e. The highest BCUT2D eigenvalue weighted by molar-refractivity contribution is 5.95. The molecular weight excluding hydrogens is 400 g/mol. The summed E-state index contributed by atoms with van der Waals surface area (Å²) in [5, 5.41) is 0. The van der Waals surface area contributed by atoms with Crippen LogP contribution in [0.25, 0.3) is 0 Å². The number of hydrogen-bond donors (Lipinski definition) is 0. The van der Waals surface area contributed by atoms with Gasteiger partial charge in [0.05, 0.1) is 6.04 Å². The Morgan fingerprint density at radius 1 is 1.00 bits per heavy atom. The second-order valence-corrected chi connectivity index (χ2v) is 9.77. The number of imide groups is 1. The summed E-state index contributed by atoms with van der Waals surface area (Å²) >= 11 is 0. The van der Waals surface area contributed by atoms with Crippen molar-refractivity contribution in [2.24, 2.45) is 11.8 Å². The first kappa shape index (κ1) is 24.0. The molecule has 2 aromatic rings. The number of hydrogen-bond acceptors (Lipinski definition) is 4. The molecule has 1 heterocycles. The molecule has 1 aliphatic heterocycles. The standard InChI is InChI=1S/C27H36N2O3/c1-19(2)24-27(5,6)32-26(31)29(24)25(30)20(3)17-28(18-22-13-9-7-10-14-22)21(4)23-15-11-8-12-16-23/h7-16,19-21,24H,17-18H2,1-6H3/t20-,21-,24-/m0/s1. The van der Waals surface area contributed by atoms with Gasteiger partial charge in [-0.1, -0.05) is 81.4 Å². The van der Waals surface area contributed by atoms with E-state index in [9.17, 15) is 9.59 Å². The molecule has 1 saturated heterocycles. The first-order valence-electron chi connectivity index (χ1n) is 11.5. The summed E-state index contributed by atoms with van der Waals surface area (Å²) in [5.41, 5.74) is 1.70. The minimum Gasteiger partial charge on any atom is -0.441 e. The Morgan fingerprint density at radius 2 is 1.56 bits per heavy atom. The van der Waals surface area contributed by atoms with Gasteiger partial charge in [-0.3, -0.25) is 9.69 Å². The predicted molar refractivity (Wildman–Crippen MR) is 127 cm³/mol. The summed E-state index contributed by atoms with van der Waals surface area (Å²) in [6.45, 7) is 13.2. The van der Waals surface area contributed by atoms with Gasteiger partial charge in [-0.15, -0.1) is 0 Å². The molecule has 3 rings (SSSR count). The van der Waals surface area contributed by atoms with Gasteiger partial charge in [-0.25, -0.2) is 9.69 Å². The van der Waals surface area contributed by atoms with E-state index in [1.165, 1.54) is 16.0 Å². The van der Waals surface area contributed by atoms with E-state index in [-0.39, 0.29) is 29.8 Å². The summed E-state index contributed by atoms with van der Waals surface area (Å²) in [5.74, 6) is -0.415. The normalized spacial score (nSPS) is 19.8. The highest BCUT2D eigenvalue weighted by Gasteiger charge is 2.52. The molecule has 0 spiro atoms. The number of nitrogens with zero attached hydrogens (tertiary/aromatic N) is 2. The molecule has 2 amide bonds. The molecule has 3 atom stereocenters. The van der Waals surface area contributed by atoms with Crippen LogP contribution in [0.2, 0.25) is 0 Å². The van der Waals surface area contributed by atoms with Gasteiger partial charge in [-0.05, 0) is 37.8 Å². The Kier molecular flexibility index (Phi) is 7.40. The molecule has 0 unspecified atom stereocenters. The Balaban J connectivity index is 1.83. The van der Waals surface area contributed by atoms with Gasteiger partial charge in [0, 0.05) is 25.0 Å². The SMILES string of the molecule is CC(C)[C@@H]1N(C(=O)[C@@H](C)CN(Cc2ccccc2)[C@@H](C)c2ccccc2)C(=O)OC1(C)C. The molecule has 0 N–H and O–H groups in total. The van der Waals surface area contributed by atoms with Gasteiger partial charge in [0.1, 0.15) is 5.60 Å². The lowest BCUT2D eigenvalue weighted by Crippen LogP contribution is -2.50. The highest BCUT2D eigenvalue weighted by Crippen LogP contribution is 2.35. The number of amides is 2. The Labute approximate surface area is 192 Å². The average molecular weight is 437 g/mol. The fourth-order valence-corrected chi connectivity index (χ4v) is 4.87. The minimum absolute atomic E-state index is 0.108. The molecule has 172 valence electrons. The van der Waals surface area contributed by atoms with E-state index in [1.54, 1.807) is 0 Å². The molecule has 0 saturated carbocycles. The van der Waals surface area contributed by atoms with Crippen molar-refractivity contribution in [2.75, 3.05) is 6.54 Å². The van der Waals surface area contributed by atoms with Gasteiger partial charge in [0.25, 0.3) is 0 Å². The number of benzene rings is 2. The Morgan fingerprint density at radius 3 is 2.12 bits per heavy atom. The van der Waals surface area contributed by atoms with Crippen molar-refractivity contribution in [2.45, 2.75) is 65.8 Å². The van der Waals surface area contributed by atoms with Gasteiger partial charge < -0.3 is 4.74 Å². The van der Waals surface area contributed by atoms with E-state index in [0.717, 1.165) is 6.54 Å². The molecule has 5 nitrogen and oxygen atoms in total. The Hall–Kier alpha value is -2.66. The van der Waals surface area contributed by atoms with Crippen molar-refractivity contribution < 1.29 is 14.3 Å². The fraction of sp³-hybridized carbons (Fsp3) is 0.481. The van der Waals surface area contributed by atoms with E-state index in [1.807, 2.05) is 71.0 Å². The van der Waals surface area contributed by atoms with Crippen molar-refractivity contribution in [3.63, 3.8) is 0 Å². The van der Waals surface area contributed by atoms with Crippen molar-refractivity contribution in [1.29, 1.82) is 0 Å². The fourth-order valence-electron chi connectivity index (χ4n) is 4.87. The maximum absolute atomic E-state index is 13.5. The largest absolute Gasteiger partial charge is 0.441 e. The lowest BCUT2D eigenvalue weighted by molar-refractivity contribution is -0.135. The van der Waals surface area contributed by atoms with Crippen LogP contribution >= 0.6 is 0 Å². The van der Waals surface area contributed by atoms with Crippen LogP contribution in [-0.4, -0.2) is 40.0 Å². The van der Waals surface area contributed by atoms with Gasteiger partial charge >= 0.3 is 6.09 Å². The van der Waals surface area contributed by atoms with Crippen LogP contribution in [0.15, 0.2) is 60.7 Å². The van der Waals surface area contributed by atoms with Crippen molar-refractivity contribution in [3.8, 4) is 0 Å². The van der Waals surface area contributed by atoms with Gasteiger partial charge in [-0.2, -0.15) is 0 Å². The number of ether oxygens (including phenoxy) is 1. The van der Waals surface area contributed by atoms with E-state index >= 15 is 0 Å². The molecule has 32 heavy (non-hydrogen) atoms. The topological polar surface area (TPSA) is 49.9 Å². The van der Waals surface area contributed by atoms with E-state index in [2.05, 4.69) is 36.1 Å². The van der Waals surface area contributed by atoms with Crippen LogP contribution in [0.4, 0.5) is 4.79 Å². The van der Waals surface area contributed by atoms with Crippen molar-refractivity contribution >= 4 is 12.0 Å². The summed E-state index contributed by atoms with van der Waals surface area (Å²) in [6, 6.07) is 20.4. The first-order valence-corrected chi connectivity index (χ1v) is 11.5. The van der Waals surface area contributed by atoms with Crippen molar-refractivity contribution in [3.05, 3.63) is 71.8 Å². The number of cyclic esters (lactones) is 1. The zero-order valence-corrected chi connectivity index (χ0v) is 20.1. The molecule has 5 heteroatoms. The zero-order valence-electron chi connectivity index (χ0n) is 20.1. The number of carbonyl (C=O) groups is 2. The average Bonchev–Trinajstić information content (AvgIpc) is 3.01. The summed E-state index contributed by atoms with van der Waals surface area (Å²) in [6.07, 6.45) is -0.531. The van der Waals surface area contributed by atoms with Gasteiger partial charge in [0.15, 0.2) is 0 Å². The maximum atomic E-state index is 13.5. The molecule has 0 aromatic heterocycles. The second-order valence-electron chi connectivity index (χ2n) is 9.77. The van der Waals surface area contributed by atoms with Crippen LogP contribution < -0.4 is 0 Å². The zero-order chi connectivity index (χ0) is 23.5. The third kappa shape index (κ3) is 5.21. The lowest BCUT2D eigenvalue weighted by atomic mass is 9.88. The van der Waals surface area contributed by atoms with E-state index in [0.29, 0.717) is 6.54 Å². The third-order valence-corrected chi connectivity index (χ3v) is 6.39. The number of carbonyl (C=O) groups excluding carboxylic acids is 2. The van der Waals surface area contributed by atoms with Crippen LogP contribution in [0.5, 0.6) is 0 Å². The van der Waals surface area contributed by atoms with E-state index < -0.39 is 11.7 Å². The highest BCUT2D eigenvalue weighted by atomic mass is 16.6. The second kappa shape index (κ2) is 9.86. The quantitative estimate of drug-likeness (QED) is 0.535. The molecule has 1 fully saturated rings. The summed E-state index contributed by atoms with van der Waals surface area (Å²) < 4.78 is 5.58. The predicted octanol–water partition coefficient (Wildman–Crippen LogP) is 5.67. The van der Waals surface area contributed by atoms with Crippen LogP contribution in [0.1, 0.15) is 58.7 Å². The van der Waals surface area contributed by atoms with Crippen LogP contribution in [-0.2, 0) is 16.1 Å². The molecule has 1 aliphatic rings. The lowest BCUT2D eigenvalue weighted by Gasteiger charge is -2.35. The third-order valence-electron chi connectivity index (χ3n) is 6.39. The molecule has 0 bridgehead atoms. The number of rotatable bonds is 8. The first-order chi connectivity index (χ1) is 15.1. The monoisotopic (exact) mass is 436 g/mol. The van der Waals surface area contributed by atoms with E-state index in [4.69, 9.17) is 4.74 Å².